The van der Waals surface area contributed by atoms with Gasteiger partial charge in [-0.2, -0.15) is 0 Å². The number of nitrogens with zero attached hydrogens (tertiary/aromatic N) is 1. The van der Waals surface area contributed by atoms with Crippen LogP contribution in [0.3, 0.4) is 0 Å². The molecule has 0 amide bonds. The first-order valence-corrected chi connectivity index (χ1v) is 3.45. The Hall–Kier alpha value is -0.720. The van der Waals surface area contributed by atoms with Gasteiger partial charge in [-0.05, 0) is 12.5 Å². The van der Waals surface area contributed by atoms with E-state index in [1.165, 1.54) is 12.8 Å². The predicted molar refractivity (Wildman–Crippen MR) is 38.2 cm³/mol. The summed E-state index contributed by atoms with van der Waals surface area (Å²) in [6.07, 6.45) is 6.56. The van der Waals surface area contributed by atoms with Gasteiger partial charge < -0.3 is 4.57 Å². The van der Waals surface area contributed by atoms with Gasteiger partial charge in [-0.15, -0.1) is 0 Å². The summed E-state index contributed by atoms with van der Waals surface area (Å²) in [5.41, 5.74) is 0. The van der Waals surface area contributed by atoms with Gasteiger partial charge in [-0.25, -0.2) is 0 Å². The third-order valence-electron chi connectivity index (χ3n) is 1.37. The Morgan fingerprint density at radius 1 is 1.56 bits per heavy atom. The van der Waals surface area contributed by atoms with E-state index in [-0.39, 0.29) is 0 Å². The highest BCUT2D eigenvalue weighted by Gasteiger charge is 1.84. The van der Waals surface area contributed by atoms with Crippen molar-refractivity contribution in [3.8, 4) is 0 Å². The molecule has 1 aromatic rings. The normalized spacial score (nSPS) is 9.89. The van der Waals surface area contributed by atoms with Crippen LogP contribution in [-0.4, -0.2) is 4.57 Å². The van der Waals surface area contributed by atoms with Gasteiger partial charge in [0, 0.05) is 25.0 Å². The molecule has 0 saturated carbocycles. The standard InChI is InChI=1S/C8H12N/c1-2-3-6-9-7-4-5-8-9/h4,7-8H,2-3,6H2,1H3. The monoisotopic (exact) mass is 122 g/mol. The second kappa shape index (κ2) is 3.33. The average molecular weight is 122 g/mol. The maximum atomic E-state index is 3.00. The van der Waals surface area contributed by atoms with Gasteiger partial charge in [-0.3, -0.25) is 0 Å². The van der Waals surface area contributed by atoms with Crippen LogP contribution in [0.2, 0.25) is 0 Å². The number of rotatable bonds is 3. The van der Waals surface area contributed by atoms with Gasteiger partial charge in [0.05, 0.1) is 0 Å². The molecule has 1 rings (SSSR count). The summed E-state index contributed by atoms with van der Waals surface area (Å²) in [5.74, 6) is 0. The molecule has 0 aromatic carbocycles. The minimum atomic E-state index is 1.14. The van der Waals surface area contributed by atoms with Crippen LogP contribution in [0.25, 0.3) is 0 Å². The van der Waals surface area contributed by atoms with E-state index >= 15 is 0 Å². The van der Waals surface area contributed by atoms with Crippen molar-refractivity contribution < 1.29 is 0 Å². The average Bonchev–Trinajstić information content (AvgIpc) is 2.34. The van der Waals surface area contributed by atoms with Crippen LogP contribution >= 0.6 is 0 Å². The molecular formula is C8H12N. The summed E-state index contributed by atoms with van der Waals surface area (Å²) in [7, 11) is 0. The highest BCUT2D eigenvalue weighted by Crippen LogP contribution is 1.94. The molecule has 1 nitrogen and oxygen atoms in total. The van der Waals surface area contributed by atoms with E-state index in [2.05, 4.69) is 23.8 Å². The lowest BCUT2D eigenvalue weighted by Gasteiger charge is -1.97. The van der Waals surface area contributed by atoms with Gasteiger partial charge in [-0.1, -0.05) is 13.3 Å². The van der Waals surface area contributed by atoms with E-state index in [0.29, 0.717) is 0 Å². The topological polar surface area (TPSA) is 4.93 Å². The van der Waals surface area contributed by atoms with Crippen LogP contribution in [0.4, 0.5) is 0 Å². The number of hydrogen-bond acceptors (Lipinski definition) is 0. The molecule has 9 heavy (non-hydrogen) atoms. The van der Waals surface area contributed by atoms with Crippen LogP contribution in [0.5, 0.6) is 0 Å². The van der Waals surface area contributed by atoms with Gasteiger partial charge in [0.1, 0.15) is 0 Å². The first-order valence-electron chi connectivity index (χ1n) is 3.45. The van der Waals surface area contributed by atoms with Gasteiger partial charge in [0.2, 0.25) is 0 Å². The fourth-order valence-corrected chi connectivity index (χ4v) is 0.800. The largest absolute Gasteiger partial charge is 0.354 e. The third-order valence-corrected chi connectivity index (χ3v) is 1.37. The number of hydrogen-bond donors (Lipinski definition) is 0. The third kappa shape index (κ3) is 1.92. The summed E-state index contributed by atoms with van der Waals surface area (Å²) < 4.78 is 2.16. The van der Waals surface area contributed by atoms with Crippen LogP contribution in [-0.2, 0) is 6.54 Å². The van der Waals surface area contributed by atoms with Gasteiger partial charge in [0.15, 0.2) is 0 Å². The maximum Gasteiger partial charge on any atom is 0.0219 e. The zero-order chi connectivity index (χ0) is 6.53. The molecule has 0 aliphatic rings. The summed E-state index contributed by atoms with van der Waals surface area (Å²) in [5, 5.41) is 0. The summed E-state index contributed by atoms with van der Waals surface area (Å²) in [6.45, 7) is 3.34. The zero-order valence-corrected chi connectivity index (χ0v) is 5.80. The Balaban J connectivity index is 2.30. The molecule has 0 atom stereocenters. The quantitative estimate of drug-likeness (QED) is 0.578. The van der Waals surface area contributed by atoms with Crippen LogP contribution in [0, 0.1) is 6.07 Å². The van der Waals surface area contributed by atoms with E-state index in [1.54, 1.807) is 0 Å². The molecule has 49 valence electrons. The highest BCUT2D eigenvalue weighted by atomic mass is 14.9. The molecule has 1 heteroatoms. The molecule has 1 aromatic heterocycles. The second-order valence-electron chi connectivity index (χ2n) is 2.20. The second-order valence-corrected chi connectivity index (χ2v) is 2.20. The Bertz CT molecular complexity index is 142. The number of aromatic nitrogens is 1. The summed E-state index contributed by atoms with van der Waals surface area (Å²) >= 11 is 0. The fraction of sp³-hybridized carbons (Fsp3) is 0.500. The lowest BCUT2D eigenvalue weighted by Crippen LogP contribution is -1.91. The molecule has 0 saturated heterocycles. The minimum Gasteiger partial charge on any atom is -0.354 e. The zero-order valence-electron chi connectivity index (χ0n) is 5.80. The van der Waals surface area contributed by atoms with Gasteiger partial charge in [0.25, 0.3) is 0 Å². The molecule has 0 aliphatic carbocycles. The first kappa shape index (κ1) is 6.40. The number of unbranched alkanes of at least 4 members (excludes halogenated alkanes) is 1. The molecule has 0 aliphatic heterocycles. The minimum absolute atomic E-state index is 1.14. The maximum absolute atomic E-state index is 3.00. The summed E-state index contributed by atoms with van der Waals surface area (Å²) in [6, 6.07) is 4.94. The molecule has 0 fully saturated rings. The van der Waals surface area contributed by atoms with Crippen molar-refractivity contribution in [2.45, 2.75) is 26.3 Å². The lowest BCUT2D eigenvalue weighted by molar-refractivity contribution is 0.635. The first-order chi connectivity index (χ1) is 4.43. The van der Waals surface area contributed by atoms with E-state index < -0.39 is 0 Å². The van der Waals surface area contributed by atoms with Gasteiger partial charge >= 0.3 is 0 Å². The molecule has 0 N–H and O–H groups in total. The Morgan fingerprint density at radius 2 is 2.44 bits per heavy atom. The Morgan fingerprint density at radius 3 is 3.00 bits per heavy atom. The van der Waals surface area contributed by atoms with Crippen molar-refractivity contribution >= 4 is 0 Å². The van der Waals surface area contributed by atoms with Crippen molar-refractivity contribution in [2.24, 2.45) is 0 Å². The molecule has 0 spiro atoms. The van der Waals surface area contributed by atoms with E-state index in [1.807, 2.05) is 12.3 Å². The fourth-order valence-electron chi connectivity index (χ4n) is 0.800. The predicted octanol–water partition coefficient (Wildman–Crippen LogP) is 2.09. The van der Waals surface area contributed by atoms with Crippen molar-refractivity contribution in [3.63, 3.8) is 0 Å². The molecule has 0 unspecified atom stereocenters. The lowest BCUT2D eigenvalue weighted by atomic mass is 10.3. The van der Waals surface area contributed by atoms with E-state index in [0.717, 1.165) is 6.54 Å². The summed E-state index contributed by atoms with van der Waals surface area (Å²) in [4.78, 5) is 0. The van der Waals surface area contributed by atoms with Crippen molar-refractivity contribution in [1.29, 1.82) is 0 Å². The van der Waals surface area contributed by atoms with Crippen LogP contribution in [0.15, 0.2) is 18.5 Å². The SMILES string of the molecule is CCCCn1c[c]cc1. The molecule has 0 bridgehead atoms. The van der Waals surface area contributed by atoms with E-state index in [4.69, 9.17) is 0 Å². The highest BCUT2D eigenvalue weighted by molar-refractivity contribution is 4.87. The van der Waals surface area contributed by atoms with Crippen LogP contribution < -0.4 is 0 Å². The van der Waals surface area contributed by atoms with Crippen molar-refractivity contribution in [1.82, 2.24) is 4.57 Å². The van der Waals surface area contributed by atoms with Crippen molar-refractivity contribution in [3.05, 3.63) is 24.5 Å². The Labute approximate surface area is 56.3 Å². The molecular weight excluding hydrogens is 110 g/mol. The van der Waals surface area contributed by atoms with Crippen LogP contribution in [0.1, 0.15) is 19.8 Å². The van der Waals surface area contributed by atoms with E-state index in [9.17, 15) is 0 Å². The smallest absolute Gasteiger partial charge is 0.0219 e. The Kier molecular flexibility index (Phi) is 2.37. The van der Waals surface area contributed by atoms with Crippen molar-refractivity contribution in [2.75, 3.05) is 0 Å². The molecule has 1 heterocycles. The number of aryl methyl sites for hydroxylation is 1. The molecule has 1 radical (unpaired) electrons.